The van der Waals surface area contributed by atoms with Crippen molar-refractivity contribution in [2.75, 3.05) is 66.1 Å². The van der Waals surface area contributed by atoms with Gasteiger partial charge in [0, 0.05) is 27.7 Å². The molecule has 0 radical (unpaired) electrons. The van der Waals surface area contributed by atoms with Crippen LogP contribution in [-0.2, 0) is 128 Å². The molecule has 12 fully saturated rings. The monoisotopic (exact) mass is 2090 g/mol. The normalized spacial score (nSPS) is 50.7. The number of ether oxygens (including phenoxy) is 23. The van der Waals surface area contributed by atoms with Crippen LogP contribution < -0.4 is 21.3 Å². The van der Waals surface area contributed by atoms with Crippen molar-refractivity contribution in [1.82, 2.24) is 21.3 Å². The number of amides is 4. The summed E-state index contributed by atoms with van der Waals surface area (Å²) in [6.07, 6.45) is -119. The topological polar surface area (TPSA) is 976 Å². The van der Waals surface area contributed by atoms with E-state index in [1.54, 1.807) is 0 Å². The molecule has 828 valence electrons. The molecule has 4 amide bonds. The number of aliphatic hydroxyl groups excluding tert-OH is 32. The van der Waals surface area contributed by atoms with E-state index >= 15 is 0 Å². The van der Waals surface area contributed by atoms with Crippen molar-refractivity contribution in [3.63, 3.8) is 0 Å². The van der Waals surface area contributed by atoms with Crippen molar-refractivity contribution in [2.45, 2.75) is 410 Å². The Balaban J connectivity index is 0.871. The first-order chi connectivity index (χ1) is 67.6. The van der Waals surface area contributed by atoms with Gasteiger partial charge in [-0.15, -0.1) is 0 Å². The lowest BCUT2D eigenvalue weighted by Crippen LogP contribution is -2.71. The molecule has 12 rings (SSSR count). The molecule has 0 bridgehead atoms. The Bertz CT molecular complexity index is 3960. The fourth-order valence-electron chi connectivity index (χ4n) is 18.7. The molecule has 63 nitrogen and oxygen atoms in total. The summed E-state index contributed by atoms with van der Waals surface area (Å²) in [5, 5.41) is 370. The molecule has 0 aromatic carbocycles. The highest BCUT2D eigenvalue weighted by Gasteiger charge is 2.64. The molecule has 0 aromatic rings. The molecule has 0 spiro atoms. The summed E-state index contributed by atoms with van der Waals surface area (Å²) in [4.78, 5) is 52.5. The highest BCUT2D eigenvalue weighted by Crippen LogP contribution is 2.43. The summed E-state index contributed by atoms with van der Waals surface area (Å²) in [6.45, 7) is -5.53. The minimum atomic E-state index is -2.69. The van der Waals surface area contributed by atoms with Crippen LogP contribution >= 0.6 is 0 Å². The zero-order valence-corrected chi connectivity index (χ0v) is 77.0. The van der Waals surface area contributed by atoms with Gasteiger partial charge < -0.3 is 294 Å². The molecule has 12 aliphatic rings. The predicted molar refractivity (Wildman–Crippen MR) is 439 cm³/mol. The molecule has 12 saturated heterocycles. The molecule has 36 N–H and O–H groups in total. The van der Waals surface area contributed by atoms with Gasteiger partial charge in [-0.25, -0.2) is 0 Å². The van der Waals surface area contributed by atoms with Gasteiger partial charge in [0.1, 0.15) is 281 Å². The third kappa shape index (κ3) is 25.8. The standard InChI is InChI=1S/C80H134N4O59/c1-17-37(97)49(109)55(115)73(123-17)121-16-32-63(45(105)33(69(120)125-32)81-19(3)93)135-70-34(82-20(4)94)46(106)61(29(13-91)131-70)137-77-59(119)64(139-79-67(54(114)42(102)26(10-88)129-79)142-72-35(83-21(5)95)47(107)60(28(12-90)132-72)136-75-57(117)51(111)39(99)23(7-85)126-75)44(104)31(134-77)15-122-78-66(53(113)41(101)25(9-87)128-78)141-71-36(84-22(6)96)48(108)62(30(14-92)133-71)138-80-68(143-74-56(116)50(110)38(98)18(2)124-74)65(43(103)27(11-89)130-80)140-76-58(118)52(112)40(100)24(8-86)127-76/h17-18,23-80,85-92,97-120H,7-16H2,1-6H3,(H,81,93)(H,82,94)(H,83,95)(H,84,96)/t17-,18-,23+,24+,25+,26+,27+,28+,29+,30+,31+,32+,33+,34+,35+,36+,37+,38+,39-,40-,41+,42+,43-,44+,45+,46+,47+,48+,49+,50+,51-,52-,53-,54-,55-,56-,57+,58+,59-,60+,61+,62+,63+,64-,65-,66-,67-,68+,69?,70-,71-,72-,73+,74-,75-,76+,77-,78-,79+,80-/m0/s1. The van der Waals surface area contributed by atoms with Crippen LogP contribution in [0.2, 0.25) is 0 Å². The number of carbonyl (C=O) groups is 4. The van der Waals surface area contributed by atoms with Crippen LogP contribution in [0.25, 0.3) is 0 Å². The lowest BCUT2D eigenvalue weighted by Gasteiger charge is -2.51. The molecule has 12 aliphatic heterocycles. The van der Waals surface area contributed by atoms with Crippen molar-refractivity contribution >= 4 is 23.6 Å². The fourth-order valence-corrected chi connectivity index (χ4v) is 18.7. The molecular weight excluding hydrogens is 1960 g/mol. The Kier molecular flexibility index (Phi) is 41.8. The van der Waals surface area contributed by atoms with Crippen molar-refractivity contribution in [2.24, 2.45) is 0 Å². The third-order valence-corrected chi connectivity index (χ3v) is 26.6. The second-order valence-electron chi connectivity index (χ2n) is 36.6. The minimum absolute atomic E-state index is 0.870. The first-order valence-corrected chi connectivity index (χ1v) is 45.9. The summed E-state index contributed by atoms with van der Waals surface area (Å²) in [6, 6.07) is -8.03. The first-order valence-electron chi connectivity index (χ1n) is 45.9. The predicted octanol–water partition coefficient (Wildman–Crippen LogP) is -24.5. The number of nitrogens with one attached hydrogen (secondary N) is 4. The highest BCUT2D eigenvalue weighted by atomic mass is 16.8. The molecule has 1 unspecified atom stereocenters. The van der Waals surface area contributed by atoms with Crippen LogP contribution in [0.3, 0.4) is 0 Å². The van der Waals surface area contributed by atoms with E-state index in [4.69, 9.17) is 109 Å². The zero-order valence-electron chi connectivity index (χ0n) is 77.0. The van der Waals surface area contributed by atoms with Gasteiger partial charge in [-0.05, 0) is 13.8 Å². The van der Waals surface area contributed by atoms with Crippen LogP contribution in [0, 0.1) is 0 Å². The molecule has 60 atom stereocenters. The Morgan fingerprint density at radius 2 is 0.441 bits per heavy atom. The Morgan fingerprint density at radius 1 is 0.196 bits per heavy atom. The maximum Gasteiger partial charge on any atom is 0.217 e. The SMILES string of the molecule is CC(=O)N[C@H]1[C@H](O[C@H]2[C@H](O)[C@@H](NC(C)=O)C(O)O[C@@H]2CO[C@@H]2O[C@@H](C)[C@@H](O)[C@@H](O)[C@@H]2O)O[C@H](CO)[C@@H](O[C@@H]2O[C@H](CO[C@H]3O[C@H](CO)[C@@H](O)[C@H](O)[C@@H]3O[C@@H]3O[C@H](CO)[C@@H](O[C@@H]4O[C@H](CO)[C@H](O)[C@H](O[C@H]5O[C@H](CO)[C@H](O)[C@H](O)[C@H]5O)[C@H]4O[C@@H]4O[C@@H](C)[C@@H](O)[C@@H](O)[C@@H]4O)[C@H](O)[C@H]3NC(C)=O)[C@@H](O)[C@H](O[C@H]3O[C@H](CO)[C@@H](O)[C@H](O)[C@@H]3O[C@@H]3O[C@H](CO)[C@@H](O[C@@H]4O[C@H](CO)[C@H](O)[C@H](O)[C@H]4O)[C@H](O)[C@H]3NC(C)=O)[C@@H]2O)[C@@H]1O. The van der Waals surface area contributed by atoms with Gasteiger partial charge in [0.05, 0.1) is 78.3 Å². The maximum absolute atomic E-state index is 13.4. The second-order valence-corrected chi connectivity index (χ2v) is 36.6. The van der Waals surface area contributed by atoms with Gasteiger partial charge in [0.25, 0.3) is 0 Å². The molecule has 143 heavy (non-hydrogen) atoms. The van der Waals surface area contributed by atoms with E-state index in [0.717, 1.165) is 27.7 Å². The van der Waals surface area contributed by atoms with Crippen molar-refractivity contribution in [3.05, 3.63) is 0 Å². The number of aliphatic hydroxyl groups is 32. The van der Waals surface area contributed by atoms with E-state index < -0.39 is 458 Å². The molecule has 0 aromatic heterocycles. The highest BCUT2D eigenvalue weighted by molar-refractivity contribution is 5.74. The van der Waals surface area contributed by atoms with E-state index in [0.29, 0.717) is 0 Å². The number of rotatable bonds is 36. The summed E-state index contributed by atoms with van der Waals surface area (Å²) in [5.41, 5.74) is 0. The summed E-state index contributed by atoms with van der Waals surface area (Å²) in [7, 11) is 0. The van der Waals surface area contributed by atoms with Crippen molar-refractivity contribution in [3.8, 4) is 0 Å². The lowest BCUT2D eigenvalue weighted by atomic mass is 9.93. The van der Waals surface area contributed by atoms with Gasteiger partial charge >= 0.3 is 0 Å². The van der Waals surface area contributed by atoms with Crippen LogP contribution in [-0.4, -0.2) is 621 Å². The van der Waals surface area contributed by atoms with Gasteiger partial charge in [-0.3, -0.25) is 19.2 Å². The smallest absolute Gasteiger partial charge is 0.217 e. The summed E-state index contributed by atoms with van der Waals surface area (Å²) < 4.78 is 138. The molecule has 12 heterocycles. The average Bonchev–Trinajstić information content (AvgIpc) is 0.756. The average molecular weight is 2100 g/mol. The zero-order chi connectivity index (χ0) is 105. The maximum atomic E-state index is 13.4. The van der Waals surface area contributed by atoms with Crippen LogP contribution in [0.5, 0.6) is 0 Å². The fraction of sp³-hybridized carbons (Fsp3) is 0.950. The Hall–Kier alpha value is -4.32. The van der Waals surface area contributed by atoms with Gasteiger partial charge in [-0.1, -0.05) is 0 Å². The lowest BCUT2D eigenvalue weighted by molar-refractivity contribution is -0.406. The van der Waals surface area contributed by atoms with Gasteiger partial charge in [-0.2, -0.15) is 0 Å². The van der Waals surface area contributed by atoms with Crippen LogP contribution in [0.15, 0.2) is 0 Å². The number of carbonyl (C=O) groups excluding carboxylic acids is 4. The van der Waals surface area contributed by atoms with Gasteiger partial charge in [0.2, 0.25) is 23.6 Å². The van der Waals surface area contributed by atoms with E-state index in [9.17, 15) is 183 Å². The van der Waals surface area contributed by atoms with E-state index in [-0.39, 0.29) is 0 Å². The van der Waals surface area contributed by atoms with E-state index in [1.807, 2.05) is 0 Å². The van der Waals surface area contributed by atoms with Crippen molar-refractivity contribution in [1.29, 1.82) is 0 Å². The first kappa shape index (κ1) is 117. The molecular formula is C80H134N4O59. The minimum Gasteiger partial charge on any atom is -0.394 e. The summed E-state index contributed by atoms with van der Waals surface area (Å²) in [5.74, 6) is -3.96. The molecule has 63 heteroatoms. The second kappa shape index (κ2) is 51.0. The summed E-state index contributed by atoms with van der Waals surface area (Å²) >= 11 is 0. The van der Waals surface area contributed by atoms with E-state index in [1.165, 1.54) is 13.8 Å². The largest absolute Gasteiger partial charge is 0.394 e. The number of hydrogen-bond donors (Lipinski definition) is 36. The molecule has 0 aliphatic carbocycles. The quantitative estimate of drug-likeness (QED) is 0.0277. The Morgan fingerprint density at radius 3 is 0.846 bits per heavy atom. The van der Waals surface area contributed by atoms with Gasteiger partial charge in [0.15, 0.2) is 75.5 Å². The van der Waals surface area contributed by atoms with E-state index in [2.05, 4.69) is 21.3 Å². The third-order valence-electron chi connectivity index (χ3n) is 26.6. The van der Waals surface area contributed by atoms with Crippen LogP contribution in [0.1, 0.15) is 41.5 Å². The van der Waals surface area contributed by atoms with Crippen LogP contribution in [0.4, 0.5) is 0 Å². The van der Waals surface area contributed by atoms with Crippen molar-refractivity contribution < 1.29 is 292 Å². The Labute approximate surface area is 809 Å². The molecule has 0 saturated carbocycles. The number of hydrogen-bond acceptors (Lipinski definition) is 59.